The fourth-order valence-corrected chi connectivity index (χ4v) is 4.81. The Morgan fingerprint density at radius 1 is 1.18 bits per heavy atom. The lowest BCUT2D eigenvalue weighted by Crippen LogP contribution is -2.17. The molecule has 0 aliphatic carbocycles. The number of ether oxygens (including phenoxy) is 1. The standard InChI is InChI=1S/C24H20BrN3O4S/c1-27-14-16(18-13-17(28(30)31)8-9-21(18)27)11-15-7-10-22(32-2)19(12-15)24(29)26-33-23-6-4-3-5-20(23)25/h3-10,12-14H,11H2,1-2H3,(H,26,29). The Kier molecular flexibility index (Phi) is 6.71. The van der Waals surface area contributed by atoms with Crippen molar-refractivity contribution in [3.8, 4) is 5.75 Å². The molecular formula is C24H20BrN3O4S. The summed E-state index contributed by atoms with van der Waals surface area (Å²) >= 11 is 4.69. The van der Waals surface area contributed by atoms with Gasteiger partial charge in [-0.1, -0.05) is 18.2 Å². The largest absolute Gasteiger partial charge is 0.496 e. The van der Waals surface area contributed by atoms with Gasteiger partial charge >= 0.3 is 0 Å². The summed E-state index contributed by atoms with van der Waals surface area (Å²) in [6, 6.07) is 17.9. The molecule has 33 heavy (non-hydrogen) atoms. The van der Waals surface area contributed by atoms with Crippen LogP contribution in [0.1, 0.15) is 21.5 Å². The number of hydrogen-bond acceptors (Lipinski definition) is 5. The molecule has 0 aliphatic rings. The minimum absolute atomic E-state index is 0.0499. The summed E-state index contributed by atoms with van der Waals surface area (Å²) in [6.07, 6.45) is 2.47. The molecular weight excluding hydrogens is 506 g/mol. The molecule has 9 heteroatoms. The Morgan fingerprint density at radius 2 is 1.97 bits per heavy atom. The van der Waals surface area contributed by atoms with E-state index in [0.717, 1.165) is 31.4 Å². The normalized spacial score (nSPS) is 10.9. The SMILES string of the molecule is COc1ccc(Cc2cn(C)c3ccc([N+](=O)[O-])cc23)cc1C(=O)NSc1ccccc1Br. The second-order valence-electron chi connectivity index (χ2n) is 7.40. The number of benzene rings is 3. The molecule has 0 bridgehead atoms. The van der Waals surface area contributed by atoms with Crippen LogP contribution in [0.2, 0.25) is 0 Å². The first kappa shape index (κ1) is 22.9. The van der Waals surface area contributed by atoms with Crippen LogP contribution in [0.25, 0.3) is 10.9 Å². The van der Waals surface area contributed by atoms with Gasteiger partial charge in [-0.2, -0.15) is 0 Å². The van der Waals surface area contributed by atoms with Gasteiger partial charge in [0.05, 0.1) is 17.6 Å². The quantitative estimate of drug-likeness (QED) is 0.185. The van der Waals surface area contributed by atoms with Gasteiger partial charge in [0.2, 0.25) is 0 Å². The lowest BCUT2D eigenvalue weighted by atomic mass is 10.0. The van der Waals surface area contributed by atoms with E-state index in [1.54, 1.807) is 24.3 Å². The van der Waals surface area contributed by atoms with Gasteiger partial charge in [-0.25, -0.2) is 0 Å². The number of nitro groups is 1. The highest BCUT2D eigenvalue weighted by Crippen LogP contribution is 2.30. The number of amides is 1. The third-order valence-electron chi connectivity index (χ3n) is 5.26. The van der Waals surface area contributed by atoms with Gasteiger partial charge < -0.3 is 9.30 Å². The van der Waals surface area contributed by atoms with Crippen LogP contribution in [0.5, 0.6) is 5.75 Å². The fourth-order valence-electron chi connectivity index (χ4n) is 3.66. The highest BCUT2D eigenvalue weighted by molar-refractivity contribution is 9.10. The van der Waals surface area contributed by atoms with Crippen molar-refractivity contribution in [1.29, 1.82) is 0 Å². The Hall–Kier alpha value is -3.30. The number of hydrogen-bond donors (Lipinski definition) is 1. The first-order chi connectivity index (χ1) is 15.9. The van der Waals surface area contributed by atoms with E-state index in [4.69, 9.17) is 4.74 Å². The first-order valence-corrected chi connectivity index (χ1v) is 11.6. The molecule has 0 saturated carbocycles. The molecule has 3 aromatic carbocycles. The number of aryl methyl sites for hydroxylation is 1. The molecule has 1 heterocycles. The molecule has 0 atom stereocenters. The minimum Gasteiger partial charge on any atom is -0.496 e. The van der Waals surface area contributed by atoms with Gasteiger partial charge in [-0.15, -0.1) is 0 Å². The molecule has 0 unspecified atom stereocenters. The number of nitrogens with one attached hydrogen (secondary N) is 1. The van der Waals surface area contributed by atoms with Gasteiger partial charge in [-0.3, -0.25) is 19.6 Å². The average Bonchev–Trinajstić information content (AvgIpc) is 3.12. The first-order valence-electron chi connectivity index (χ1n) is 9.98. The average molecular weight is 526 g/mol. The number of halogens is 1. The Balaban J connectivity index is 1.62. The van der Waals surface area contributed by atoms with Crippen molar-refractivity contribution in [2.75, 3.05) is 7.11 Å². The van der Waals surface area contributed by atoms with Crippen LogP contribution in [0, 0.1) is 10.1 Å². The molecule has 1 amide bonds. The van der Waals surface area contributed by atoms with Crippen LogP contribution < -0.4 is 9.46 Å². The maximum Gasteiger partial charge on any atom is 0.270 e. The van der Waals surface area contributed by atoms with E-state index in [0.29, 0.717) is 17.7 Å². The molecule has 0 spiro atoms. The third kappa shape index (κ3) is 4.89. The maximum absolute atomic E-state index is 12.9. The van der Waals surface area contributed by atoms with E-state index in [-0.39, 0.29) is 11.6 Å². The molecule has 168 valence electrons. The summed E-state index contributed by atoms with van der Waals surface area (Å²) < 4.78 is 11.1. The highest BCUT2D eigenvalue weighted by Gasteiger charge is 2.17. The lowest BCUT2D eigenvalue weighted by Gasteiger charge is -2.11. The Bertz CT molecular complexity index is 1370. The molecule has 0 radical (unpaired) electrons. The molecule has 7 nitrogen and oxygen atoms in total. The van der Waals surface area contributed by atoms with Crippen molar-refractivity contribution >= 4 is 50.4 Å². The smallest absolute Gasteiger partial charge is 0.270 e. The number of nitrogens with zero attached hydrogens (tertiary/aromatic N) is 2. The number of nitro benzene ring substituents is 1. The van der Waals surface area contributed by atoms with Crippen molar-refractivity contribution in [3.05, 3.63) is 98.1 Å². The van der Waals surface area contributed by atoms with Crippen LogP contribution in [-0.2, 0) is 13.5 Å². The minimum atomic E-state index is -0.394. The number of carbonyl (C=O) groups excluding carboxylic acids is 1. The van der Waals surface area contributed by atoms with Crippen molar-refractivity contribution in [1.82, 2.24) is 9.29 Å². The number of methoxy groups -OCH3 is 1. The number of carbonyl (C=O) groups is 1. The molecule has 0 saturated heterocycles. The topological polar surface area (TPSA) is 86.4 Å². The van der Waals surface area contributed by atoms with Crippen molar-refractivity contribution in [2.45, 2.75) is 11.3 Å². The monoisotopic (exact) mass is 525 g/mol. The van der Waals surface area contributed by atoms with Crippen LogP contribution in [0.4, 0.5) is 5.69 Å². The molecule has 1 N–H and O–H groups in total. The van der Waals surface area contributed by atoms with E-state index in [1.165, 1.54) is 25.1 Å². The van der Waals surface area contributed by atoms with Crippen LogP contribution in [0.3, 0.4) is 0 Å². The van der Waals surface area contributed by atoms with Crippen LogP contribution >= 0.6 is 27.9 Å². The zero-order valence-electron chi connectivity index (χ0n) is 17.9. The van der Waals surface area contributed by atoms with E-state index in [1.807, 2.05) is 48.1 Å². The van der Waals surface area contributed by atoms with Gasteiger partial charge in [0.25, 0.3) is 11.6 Å². The fraction of sp³-hybridized carbons (Fsp3) is 0.125. The predicted octanol–water partition coefficient (Wildman–Crippen LogP) is 5.89. The molecule has 4 rings (SSSR count). The van der Waals surface area contributed by atoms with Crippen molar-refractivity contribution in [3.63, 3.8) is 0 Å². The van der Waals surface area contributed by atoms with E-state index in [2.05, 4.69) is 20.7 Å². The summed E-state index contributed by atoms with van der Waals surface area (Å²) in [6.45, 7) is 0. The van der Waals surface area contributed by atoms with E-state index < -0.39 is 4.92 Å². The van der Waals surface area contributed by atoms with Gasteiger partial charge in [0.15, 0.2) is 0 Å². The van der Waals surface area contributed by atoms with E-state index >= 15 is 0 Å². The number of aromatic nitrogens is 1. The van der Waals surface area contributed by atoms with Crippen molar-refractivity contribution < 1.29 is 14.5 Å². The summed E-state index contributed by atoms with van der Waals surface area (Å²) in [4.78, 5) is 24.7. The third-order valence-corrected chi connectivity index (χ3v) is 7.08. The summed E-state index contributed by atoms with van der Waals surface area (Å²) in [5.74, 6) is 0.195. The van der Waals surface area contributed by atoms with Crippen molar-refractivity contribution in [2.24, 2.45) is 7.05 Å². The molecule has 0 fully saturated rings. The number of rotatable bonds is 7. The van der Waals surface area contributed by atoms with Gasteiger partial charge in [-0.05, 0) is 75.8 Å². The number of non-ortho nitro benzene ring substituents is 1. The summed E-state index contributed by atoms with van der Waals surface area (Å²) in [7, 11) is 3.43. The zero-order valence-corrected chi connectivity index (χ0v) is 20.3. The zero-order chi connectivity index (χ0) is 23.5. The van der Waals surface area contributed by atoms with Gasteiger partial charge in [0.1, 0.15) is 5.75 Å². The Morgan fingerprint density at radius 3 is 2.70 bits per heavy atom. The highest BCUT2D eigenvalue weighted by atomic mass is 79.9. The van der Waals surface area contributed by atoms with E-state index in [9.17, 15) is 14.9 Å². The second kappa shape index (κ2) is 9.68. The maximum atomic E-state index is 12.9. The van der Waals surface area contributed by atoms with Crippen LogP contribution in [-0.4, -0.2) is 22.5 Å². The molecule has 1 aromatic heterocycles. The summed E-state index contributed by atoms with van der Waals surface area (Å²) in [5, 5.41) is 12.0. The molecule has 4 aromatic rings. The summed E-state index contributed by atoms with van der Waals surface area (Å²) in [5.41, 5.74) is 3.21. The number of fused-ring (bicyclic) bond motifs is 1. The second-order valence-corrected chi connectivity index (χ2v) is 9.10. The van der Waals surface area contributed by atoms with Crippen LogP contribution in [0.15, 0.2) is 76.2 Å². The Labute approximate surface area is 203 Å². The molecule has 0 aliphatic heterocycles. The lowest BCUT2D eigenvalue weighted by molar-refractivity contribution is -0.384. The van der Waals surface area contributed by atoms with Gasteiger partial charge in [0, 0.05) is 45.6 Å². The predicted molar refractivity (Wildman–Crippen MR) is 133 cm³/mol.